The third-order valence-corrected chi connectivity index (χ3v) is 16.4. The van der Waals surface area contributed by atoms with Crippen molar-refractivity contribution in [2.75, 3.05) is 13.1 Å². The van der Waals surface area contributed by atoms with Crippen molar-refractivity contribution in [3.63, 3.8) is 0 Å². The van der Waals surface area contributed by atoms with Crippen LogP contribution in [0.3, 0.4) is 0 Å². The first-order valence-electron chi connectivity index (χ1n) is 26.8. The van der Waals surface area contributed by atoms with E-state index in [0.29, 0.717) is 70.8 Å². The van der Waals surface area contributed by atoms with Crippen molar-refractivity contribution >= 4 is 46.3 Å². The van der Waals surface area contributed by atoms with E-state index in [4.69, 9.17) is 0 Å². The molecule has 1 fully saturated rings. The van der Waals surface area contributed by atoms with Gasteiger partial charge in [0, 0.05) is 66.3 Å². The number of unbranched alkanes of at least 4 members (excludes halogenated alkanes) is 2. The summed E-state index contributed by atoms with van der Waals surface area (Å²) in [7, 11) is 0. The monoisotopic (exact) mass is 1160 g/mol. The Morgan fingerprint density at radius 1 is 0.780 bits per heavy atom. The number of rotatable bonds is 19. The van der Waals surface area contributed by atoms with E-state index in [2.05, 4.69) is 36.1 Å². The molecule has 4 atom stereocenters. The zero-order chi connectivity index (χ0) is 58.6. The number of thiazole rings is 2. The fourth-order valence-corrected chi connectivity index (χ4v) is 11.8. The van der Waals surface area contributed by atoms with Crippen LogP contribution in [0, 0.1) is 26.2 Å². The van der Waals surface area contributed by atoms with Gasteiger partial charge in [0.05, 0.1) is 50.3 Å². The number of hydrogen-bond acceptors (Lipinski definition) is 11. The third kappa shape index (κ3) is 12.9. The Morgan fingerprint density at radius 2 is 1.43 bits per heavy atom. The molecule has 17 nitrogen and oxygen atoms in total. The summed E-state index contributed by atoms with van der Waals surface area (Å²) in [6.45, 7) is 11.4. The highest BCUT2D eigenvalue weighted by atomic mass is 32.1. The molecule has 1 unspecified atom stereocenters. The number of β-amino-alcohol motifs (C(OH)–C–C–N with tert-alkyl or cyclic N) is 1. The molecule has 0 radical (unpaired) electrons. The number of aliphatic hydroxyl groups is 1. The standard InChI is InChI=1S/C60H63F3N10O7S2/c1-34-48(55(78)72(69-34)43-13-9-7-10-14-43)50(49-35(2)70-73(56(49)79)58-67-45(32-81-58)38-24-26-42(27-25-38)60(61,62)63)39-20-22-41(23-21-39)53(76)64-28-12-8-11-15-47(75)68-52(59(4,5)6)57(80)71-31-44(74)29-46(71)54(77)65-30-37-16-18-40(19-17-37)51-36(3)66-33-82-51/h7,9-10,13-14,16-27,32-33,44,46,50,52,69-70,74H,8,11-12,15,28-31H2,1-6H3,(H,64,76)(H,65,77)(H,68,75)/t44-,46+,50?,52-/m1/s1. The molecule has 1 aliphatic rings. The van der Waals surface area contributed by atoms with Gasteiger partial charge < -0.3 is 26.0 Å². The summed E-state index contributed by atoms with van der Waals surface area (Å²) in [5.74, 6) is -2.49. The second-order valence-corrected chi connectivity index (χ2v) is 23.3. The summed E-state index contributed by atoms with van der Waals surface area (Å²) in [5.41, 5.74) is 5.93. The number of halogens is 3. The summed E-state index contributed by atoms with van der Waals surface area (Å²) in [4.78, 5) is 95.0. The number of likely N-dealkylation sites (tertiary alicyclic amines) is 1. The van der Waals surface area contributed by atoms with Gasteiger partial charge in [-0.3, -0.25) is 39.0 Å². The zero-order valence-corrected chi connectivity index (χ0v) is 47.7. The Hall–Kier alpha value is -8.21. The first-order chi connectivity index (χ1) is 39.1. The Morgan fingerprint density at radius 3 is 2.06 bits per heavy atom. The molecule has 22 heteroatoms. The molecule has 0 spiro atoms. The maximum Gasteiger partial charge on any atom is 0.416 e. The molecule has 0 saturated carbocycles. The summed E-state index contributed by atoms with van der Waals surface area (Å²) in [5, 5.41) is 27.6. The SMILES string of the molecule is Cc1ncsc1-c1ccc(CNC(=O)[C@@H]2C[C@@H](O)CN2C(=O)[C@@H](NC(=O)CCCCCNC(=O)c2ccc(C(c3c(C)[nH]n(-c4ccccc4)c3=O)c3c(C)[nH]n(-c4nc(-c5ccc(C(F)(F)F)cc5)cs4)c3=O)cc2)C(C)(C)C)cc1. The molecule has 0 aliphatic carbocycles. The molecule has 428 valence electrons. The van der Waals surface area contributed by atoms with Crippen molar-refractivity contribution in [3.8, 4) is 32.5 Å². The molecule has 4 aromatic heterocycles. The average Bonchev–Trinajstić information content (AvgIpc) is 3.09. The fraction of sp³-hybridized carbons (Fsp3) is 0.333. The van der Waals surface area contributed by atoms with E-state index >= 15 is 0 Å². The number of H-pyrrole nitrogens is 2. The van der Waals surface area contributed by atoms with E-state index in [1.165, 1.54) is 26.4 Å². The third-order valence-electron chi connectivity index (χ3n) is 14.6. The van der Waals surface area contributed by atoms with Crippen molar-refractivity contribution in [2.45, 2.75) is 110 Å². The number of aliphatic hydroxyl groups excluding tert-OH is 1. The lowest BCUT2D eigenvalue weighted by Crippen LogP contribution is -2.57. The van der Waals surface area contributed by atoms with Crippen LogP contribution in [0.5, 0.6) is 0 Å². The summed E-state index contributed by atoms with van der Waals surface area (Å²) in [6, 6.07) is 26.1. The molecule has 5 heterocycles. The molecule has 82 heavy (non-hydrogen) atoms. The maximum absolute atomic E-state index is 14.6. The van der Waals surface area contributed by atoms with Crippen LogP contribution in [0.2, 0.25) is 0 Å². The molecule has 4 amide bonds. The average molecular weight is 1160 g/mol. The number of aromatic amines is 2. The van der Waals surface area contributed by atoms with Crippen molar-refractivity contribution in [1.82, 2.24) is 50.4 Å². The van der Waals surface area contributed by atoms with Gasteiger partial charge in [0.25, 0.3) is 17.0 Å². The normalized spacial score (nSPS) is 15.3. The van der Waals surface area contributed by atoms with Crippen LogP contribution >= 0.6 is 22.7 Å². The first-order valence-corrected chi connectivity index (χ1v) is 28.6. The molecule has 1 saturated heterocycles. The number of nitrogens with one attached hydrogen (secondary N) is 5. The van der Waals surface area contributed by atoms with E-state index < -0.39 is 64.2 Å². The van der Waals surface area contributed by atoms with Crippen LogP contribution < -0.4 is 27.1 Å². The number of alkyl halides is 3. The zero-order valence-electron chi connectivity index (χ0n) is 46.0. The molecule has 4 aromatic carbocycles. The number of amides is 4. The van der Waals surface area contributed by atoms with E-state index in [0.717, 1.165) is 45.2 Å². The number of carbonyl (C=O) groups is 4. The van der Waals surface area contributed by atoms with Crippen LogP contribution in [0.15, 0.2) is 124 Å². The minimum atomic E-state index is -4.50. The van der Waals surface area contributed by atoms with Gasteiger partial charge in [0.2, 0.25) is 22.9 Å². The lowest BCUT2D eigenvalue weighted by molar-refractivity contribution is -0.144. The number of aryl methyl sites for hydroxylation is 3. The highest BCUT2D eigenvalue weighted by Crippen LogP contribution is 2.35. The summed E-state index contributed by atoms with van der Waals surface area (Å²) in [6.07, 6.45) is -3.64. The van der Waals surface area contributed by atoms with Gasteiger partial charge in [0.15, 0.2) is 0 Å². The number of aromatic nitrogens is 6. The van der Waals surface area contributed by atoms with Crippen LogP contribution in [-0.4, -0.2) is 94.4 Å². The van der Waals surface area contributed by atoms with Gasteiger partial charge in [0.1, 0.15) is 12.1 Å². The van der Waals surface area contributed by atoms with Gasteiger partial charge in [-0.05, 0) is 92.1 Å². The number of nitrogens with zero attached hydrogens (tertiary/aromatic N) is 5. The van der Waals surface area contributed by atoms with E-state index in [-0.39, 0.29) is 48.4 Å². The summed E-state index contributed by atoms with van der Waals surface area (Å²) < 4.78 is 42.5. The van der Waals surface area contributed by atoms with E-state index in [1.807, 2.05) is 58.0 Å². The van der Waals surface area contributed by atoms with Gasteiger partial charge in [-0.25, -0.2) is 14.6 Å². The van der Waals surface area contributed by atoms with E-state index in [1.54, 1.807) is 84.6 Å². The molecule has 6 N–H and O–H groups in total. The molecule has 8 aromatic rings. The number of para-hydroxylation sites is 1. The van der Waals surface area contributed by atoms with Crippen LogP contribution in [0.25, 0.3) is 32.5 Å². The Kier molecular flexibility index (Phi) is 17.4. The molecular weight excluding hydrogens is 1090 g/mol. The minimum Gasteiger partial charge on any atom is -0.391 e. The number of benzene rings is 4. The van der Waals surface area contributed by atoms with Crippen LogP contribution in [-0.2, 0) is 27.1 Å². The van der Waals surface area contributed by atoms with Crippen molar-refractivity contribution in [3.05, 3.63) is 185 Å². The van der Waals surface area contributed by atoms with Gasteiger partial charge in [-0.1, -0.05) is 93.9 Å². The van der Waals surface area contributed by atoms with Gasteiger partial charge in [-0.15, -0.1) is 22.7 Å². The van der Waals surface area contributed by atoms with Gasteiger partial charge in [-0.2, -0.15) is 17.9 Å². The Bertz CT molecular complexity index is 3710. The smallest absolute Gasteiger partial charge is 0.391 e. The lowest BCUT2D eigenvalue weighted by Gasteiger charge is -2.35. The summed E-state index contributed by atoms with van der Waals surface area (Å²) >= 11 is 2.67. The molecule has 1 aliphatic heterocycles. The van der Waals surface area contributed by atoms with Crippen molar-refractivity contribution < 1.29 is 37.5 Å². The highest BCUT2D eigenvalue weighted by Gasteiger charge is 2.44. The van der Waals surface area contributed by atoms with Crippen molar-refractivity contribution in [2.24, 2.45) is 5.41 Å². The maximum atomic E-state index is 14.6. The second kappa shape index (κ2) is 24.5. The predicted molar refractivity (Wildman–Crippen MR) is 308 cm³/mol. The quantitative estimate of drug-likeness (QED) is 0.0424. The predicted octanol–water partition coefficient (Wildman–Crippen LogP) is 9.12. The molecular formula is C60H63F3N10O7S2. The number of carbonyl (C=O) groups excluding carboxylic acids is 4. The number of hydrogen-bond donors (Lipinski definition) is 6. The van der Waals surface area contributed by atoms with Crippen molar-refractivity contribution in [1.29, 1.82) is 0 Å². The highest BCUT2D eigenvalue weighted by molar-refractivity contribution is 7.13. The fourth-order valence-electron chi connectivity index (χ4n) is 10.2. The van der Waals surface area contributed by atoms with Crippen LogP contribution in [0.1, 0.15) is 114 Å². The topological polar surface area (TPSA) is 229 Å². The lowest BCUT2D eigenvalue weighted by atomic mass is 9.85. The molecule has 0 bridgehead atoms. The van der Waals surface area contributed by atoms with Gasteiger partial charge >= 0.3 is 6.18 Å². The van der Waals surface area contributed by atoms with E-state index in [9.17, 15) is 47.0 Å². The minimum absolute atomic E-state index is 0.0446. The molecule has 9 rings (SSSR count). The second-order valence-electron chi connectivity index (χ2n) is 21.6. The largest absolute Gasteiger partial charge is 0.416 e. The Balaban J connectivity index is 0.812. The Labute approximate surface area is 478 Å². The van der Waals surface area contributed by atoms with Crippen LogP contribution in [0.4, 0.5) is 13.2 Å². The first kappa shape index (κ1) is 58.4.